The molecule has 1 saturated carbocycles. The van der Waals surface area contributed by atoms with Gasteiger partial charge in [-0.05, 0) is 49.3 Å². The Hall–Kier alpha value is -2.59. The van der Waals surface area contributed by atoms with E-state index in [2.05, 4.69) is 47.4 Å². The Bertz CT molecular complexity index is 931. The van der Waals surface area contributed by atoms with Crippen molar-refractivity contribution in [3.63, 3.8) is 0 Å². The third kappa shape index (κ3) is 4.75. The first-order valence-corrected chi connectivity index (χ1v) is 12.0. The second-order valence-corrected chi connectivity index (χ2v) is 9.24. The molecule has 2 aromatic carbocycles. The van der Waals surface area contributed by atoms with E-state index >= 15 is 0 Å². The Morgan fingerprint density at radius 3 is 2.44 bits per heavy atom. The van der Waals surface area contributed by atoms with Gasteiger partial charge in [-0.15, -0.1) is 0 Å². The average Bonchev–Trinajstić information content (AvgIpc) is 2.85. The van der Waals surface area contributed by atoms with Gasteiger partial charge >= 0.3 is 5.97 Å². The maximum Gasteiger partial charge on any atom is 0.311 e. The van der Waals surface area contributed by atoms with Gasteiger partial charge in [-0.2, -0.15) is 0 Å². The van der Waals surface area contributed by atoms with Crippen molar-refractivity contribution >= 4 is 11.5 Å². The average molecular weight is 434 g/mol. The van der Waals surface area contributed by atoms with Gasteiger partial charge in [0.1, 0.15) is 5.75 Å². The highest BCUT2D eigenvalue weighted by molar-refractivity contribution is 5.76. The fourth-order valence-corrected chi connectivity index (χ4v) is 5.75. The summed E-state index contributed by atoms with van der Waals surface area (Å²) < 4.78 is 5.57. The van der Waals surface area contributed by atoms with Crippen molar-refractivity contribution in [2.75, 3.05) is 20.2 Å². The smallest absolute Gasteiger partial charge is 0.311 e. The van der Waals surface area contributed by atoms with Gasteiger partial charge in [-0.1, -0.05) is 73.9 Å². The van der Waals surface area contributed by atoms with Gasteiger partial charge in [0.05, 0.1) is 12.5 Å². The fourth-order valence-electron chi connectivity index (χ4n) is 5.75. The highest BCUT2D eigenvalue weighted by Gasteiger charge is 2.48. The zero-order valence-electron chi connectivity index (χ0n) is 19.1. The van der Waals surface area contributed by atoms with Crippen LogP contribution >= 0.6 is 0 Å². The van der Waals surface area contributed by atoms with E-state index in [1.54, 1.807) is 7.11 Å². The number of aliphatic carboxylic acids is 1. The van der Waals surface area contributed by atoms with Gasteiger partial charge in [0.15, 0.2) is 0 Å². The number of aryl methyl sites for hydroxylation is 1. The number of carboxylic acids is 1. The van der Waals surface area contributed by atoms with Crippen molar-refractivity contribution in [1.82, 2.24) is 4.90 Å². The molecule has 0 radical (unpaired) electrons. The molecule has 0 spiro atoms. The molecule has 1 heterocycles. The van der Waals surface area contributed by atoms with Crippen LogP contribution in [0.25, 0.3) is 5.57 Å². The van der Waals surface area contributed by atoms with Crippen LogP contribution < -0.4 is 4.74 Å². The number of carboxylic acid groups (broad SMARTS) is 1. The Balaban J connectivity index is 1.58. The molecule has 1 atom stereocenters. The van der Waals surface area contributed by atoms with Gasteiger partial charge in [-0.3, -0.25) is 9.69 Å². The van der Waals surface area contributed by atoms with Crippen LogP contribution in [0, 0.1) is 5.41 Å². The largest absolute Gasteiger partial charge is 0.496 e. The lowest BCUT2D eigenvalue weighted by Gasteiger charge is -2.46. The minimum atomic E-state index is -0.636. The molecular weight excluding hydrogens is 398 g/mol. The second-order valence-electron chi connectivity index (χ2n) is 9.24. The van der Waals surface area contributed by atoms with Crippen LogP contribution in [0.1, 0.15) is 56.1 Å². The first-order valence-electron chi connectivity index (χ1n) is 12.0. The molecule has 4 heteroatoms. The molecule has 1 aliphatic carbocycles. The summed E-state index contributed by atoms with van der Waals surface area (Å²) in [6.45, 7) is 1.68. The summed E-state index contributed by atoms with van der Waals surface area (Å²) in [5.74, 6) is 0.303. The molecule has 0 saturated heterocycles. The predicted molar refractivity (Wildman–Crippen MR) is 129 cm³/mol. The number of para-hydroxylation sites is 1. The van der Waals surface area contributed by atoms with E-state index in [9.17, 15) is 9.90 Å². The van der Waals surface area contributed by atoms with Crippen molar-refractivity contribution in [2.45, 2.75) is 57.4 Å². The topological polar surface area (TPSA) is 49.8 Å². The molecule has 170 valence electrons. The lowest BCUT2D eigenvalue weighted by atomic mass is 9.67. The Morgan fingerprint density at radius 1 is 1.06 bits per heavy atom. The number of ether oxygens (including phenoxy) is 1. The molecule has 1 unspecified atom stereocenters. The van der Waals surface area contributed by atoms with Crippen molar-refractivity contribution in [3.05, 3.63) is 71.8 Å². The summed E-state index contributed by atoms with van der Waals surface area (Å²) in [5.41, 5.74) is 3.11. The van der Waals surface area contributed by atoms with Crippen molar-refractivity contribution in [2.24, 2.45) is 5.41 Å². The van der Waals surface area contributed by atoms with Crippen LogP contribution in [0.3, 0.4) is 0 Å². The van der Waals surface area contributed by atoms with Gasteiger partial charge < -0.3 is 9.84 Å². The third-order valence-electron chi connectivity index (χ3n) is 7.49. The molecule has 0 bridgehead atoms. The zero-order valence-corrected chi connectivity index (χ0v) is 19.1. The van der Waals surface area contributed by atoms with Crippen LogP contribution in [0.2, 0.25) is 0 Å². The molecule has 1 fully saturated rings. The van der Waals surface area contributed by atoms with E-state index in [1.165, 1.54) is 11.1 Å². The Kier molecular flexibility index (Phi) is 7.31. The molecule has 1 aliphatic heterocycles. The van der Waals surface area contributed by atoms with Gasteiger partial charge in [0, 0.05) is 24.7 Å². The Morgan fingerprint density at radius 2 is 1.78 bits per heavy atom. The first-order chi connectivity index (χ1) is 15.6. The number of nitrogens with zero attached hydrogens (tertiary/aromatic N) is 1. The number of benzene rings is 2. The number of rotatable bonds is 8. The third-order valence-corrected chi connectivity index (χ3v) is 7.49. The predicted octanol–water partition coefficient (Wildman–Crippen LogP) is 5.82. The number of hydrogen-bond donors (Lipinski definition) is 1. The maximum absolute atomic E-state index is 12.7. The van der Waals surface area contributed by atoms with Crippen molar-refractivity contribution < 1.29 is 14.6 Å². The monoisotopic (exact) mass is 433 g/mol. The van der Waals surface area contributed by atoms with Gasteiger partial charge in [0.2, 0.25) is 0 Å². The molecule has 0 amide bonds. The van der Waals surface area contributed by atoms with E-state index in [-0.39, 0.29) is 6.04 Å². The van der Waals surface area contributed by atoms with Crippen LogP contribution in [0.15, 0.2) is 60.7 Å². The van der Waals surface area contributed by atoms with Crippen LogP contribution in [-0.4, -0.2) is 42.2 Å². The van der Waals surface area contributed by atoms with Crippen LogP contribution in [-0.2, 0) is 11.2 Å². The molecular formula is C28H35NO3. The summed E-state index contributed by atoms with van der Waals surface area (Å²) in [6.07, 6.45) is 9.77. The molecule has 1 N–H and O–H groups in total. The maximum atomic E-state index is 12.7. The Labute approximate surface area is 191 Å². The molecule has 2 aliphatic rings. The minimum Gasteiger partial charge on any atom is -0.496 e. The highest BCUT2D eigenvalue weighted by Crippen LogP contribution is 2.44. The van der Waals surface area contributed by atoms with E-state index < -0.39 is 11.4 Å². The normalized spacial score (nSPS) is 19.7. The minimum absolute atomic E-state index is 0.0518. The summed E-state index contributed by atoms with van der Waals surface area (Å²) in [5, 5.41) is 10.4. The fraction of sp³-hybridized carbons (Fsp3) is 0.464. The SMILES string of the molecule is COc1ccccc1C1=CCN(C(CCc2ccccc2)C2(C(=O)O)CCCCC2)CC1. The molecule has 32 heavy (non-hydrogen) atoms. The van der Waals surface area contributed by atoms with E-state index in [1.807, 2.05) is 18.2 Å². The van der Waals surface area contributed by atoms with E-state index in [4.69, 9.17) is 4.74 Å². The lowest BCUT2D eigenvalue weighted by Crippen LogP contribution is -2.54. The number of hydrogen-bond acceptors (Lipinski definition) is 3. The number of carbonyl (C=O) groups is 1. The van der Waals surface area contributed by atoms with Crippen LogP contribution in [0.5, 0.6) is 5.75 Å². The molecule has 0 aromatic heterocycles. The summed E-state index contributed by atoms with van der Waals surface area (Å²) in [7, 11) is 1.72. The molecule has 4 nitrogen and oxygen atoms in total. The second kappa shape index (κ2) is 10.4. The highest BCUT2D eigenvalue weighted by atomic mass is 16.5. The summed E-state index contributed by atoms with van der Waals surface area (Å²) in [4.78, 5) is 15.1. The zero-order chi connectivity index (χ0) is 22.4. The number of methoxy groups -OCH3 is 1. The van der Waals surface area contributed by atoms with Gasteiger partial charge in [-0.25, -0.2) is 0 Å². The first kappa shape index (κ1) is 22.6. The summed E-state index contributed by atoms with van der Waals surface area (Å²) in [6, 6.07) is 18.7. The van der Waals surface area contributed by atoms with Gasteiger partial charge in [0.25, 0.3) is 0 Å². The molecule has 4 rings (SSSR count). The van der Waals surface area contributed by atoms with Crippen LogP contribution in [0.4, 0.5) is 0 Å². The lowest BCUT2D eigenvalue weighted by molar-refractivity contribution is -0.157. The summed E-state index contributed by atoms with van der Waals surface area (Å²) >= 11 is 0. The molecule has 2 aromatic rings. The van der Waals surface area contributed by atoms with E-state index in [0.717, 1.165) is 75.8 Å². The standard InChI is InChI=1S/C28H35NO3/c1-32-25-13-7-6-12-24(25)23-16-20-29(21-17-23)26(15-14-22-10-4-2-5-11-22)28(27(30)31)18-8-3-9-19-28/h2,4-7,10-13,16,26H,3,8-9,14-15,17-21H2,1H3,(H,30,31). The van der Waals surface area contributed by atoms with E-state index in [0.29, 0.717) is 0 Å². The van der Waals surface area contributed by atoms with Crippen molar-refractivity contribution in [1.29, 1.82) is 0 Å². The van der Waals surface area contributed by atoms with Crippen molar-refractivity contribution in [3.8, 4) is 5.75 Å². The quantitative estimate of drug-likeness (QED) is 0.570.